The molecule has 0 bridgehead atoms. The summed E-state index contributed by atoms with van der Waals surface area (Å²) in [5, 5.41) is 2.05. The van der Waals surface area contributed by atoms with Crippen LogP contribution in [-0.2, 0) is 16.0 Å². The fourth-order valence-corrected chi connectivity index (χ4v) is 4.18. The van der Waals surface area contributed by atoms with Gasteiger partial charge in [-0.1, -0.05) is 6.07 Å². The fourth-order valence-electron chi connectivity index (χ4n) is 3.47. The van der Waals surface area contributed by atoms with E-state index in [1.807, 2.05) is 21.2 Å². The molecule has 3 heterocycles. The normalized spacial score (nSPS) is 19.0. The molecule has 1 aromatic heterocycles. The molecule has 3 rings (SSSR count). The van der Waals surface area contributed by atoms with Crippen LogP contribution in [0.3, 0.4) is 0 Å². The van der Waals surface area contributed by atoms with Crippen LogP contribution in [0.4, 0.5) is 0 Å². The minimum Gasteiger partial charge on any atom is -0.339 e. The topological polar surface area (TPSA) is 43.9 Å². The van der Waals surface area contributed by atoms with E-state index in [2.05, 4.69) is 11.0 Å². The maximum absolute atomic E-state index is 12.3. The number of nitrogens with zero attached hydrogens (tertiary/aromatic N) is 3. The molecule has 2 fully saturated rings. The highest BCUT2D eigenvalue weighted by Crippen LogP contribution is 2.13. The Morgan fingerprint density at radius 3 is 2.12 bits per heavy atom. The van der Waals surface area contributed by atoms with Gasteiger partial charge in [-0.15, -0.1) is 11.3 Å². The summed E-state index contributed by atoms with van der Waals surface area (Å²) in [6.45, 7) is 5.89. The van der Waals surface area contributed by atoms with Crippen LogP contribution in [0, 0.1) is 0 Å². The molecule has 0 atom stereocenters. The second-order valence-electron chi connectivity index (χ2n) is 6.64. The first-order valence-electron chi connectivity index (χ1n) is 9.02. The highest BCUT2D eigenvalue weighted by molar-refractivity contribution is 7.09. The standard InChI is InChI=1S/C18H27N3O2S/c22-17(6-5-16-4-3-15-24-16)20-11-13-21(14-12-20)18(23)7-10-19-8-1-2-9-19/h3-4,15H,1-2,5-14H2. The monoisotopic (exact) mass is 349 g/mol. The van der Waals surface area contributed by atoms with E-state index in [0.717, 1.165) is 26.1 Å². The molecule has 0 unspecified atom stereocenters. The van der Waals surface area contributed by atoms with Crippen LogP contribution in [0.2, 0.25) is 0 Å². The van der Waals surface area contributed by atoms with E-state index in [1.165, 1.54) is 17.7 Å². The van der Waals surface area contributed by atoms with Gasteiger partial charge in [-0.25, -0.2) is 0 Å². The Morgan fingerprint density at radius 1 is 0.917 bits per heavy atom. The van der Waals surface area contributed by atoms with Crippen LogP contribution in [0.5, 0.6) is 0 Å². The van der Waals surface area contributed by atoms with Crippen LogP contribution in [-0.4, -0.2) is 72.3 Å². The Bertz CT molecular complexity index is 532. The second-order valence-corrected chi connectivity index (χ2v) is 7.67. The number of carbonyl (C=O) groups excluding carboxylic acids is 2. The fraction of sp³-hybridized carbons (Fsp3) is 0.667. The van der Waals surface area contributed by atoms with Crippen molar-refractivity contribution >= 4 is 23.2 Å². The van der Waals surface area contributed by atoms with E-state index < -0.39 is 0 Å². The van der Waals surface area contributed by atoms with Gasteiger partial charge in [0.25, 0.3) is 0 Å². The molecule has 0 radical (unpaired) electrons. The first-order chi connectivity index (χ1) is 11.7. The SMILES string of the molecule is O=C(CCc1cccs1)N1CCN(C(=O)CCN2CCCC2)CC1. The van der Waals surface area contributed by atoms with Crippen LogP contribution in [0.25, 0.3) is 0 Å². The molecule has 0 N–H and O–H groups in total. The molecule has 2 saturated heterocycles. The third-order valence-electron chi connectivity index (χ3n) is 4.99. The lowest BCUT2D eigenvalue weighted by Crippen LogP contribution is -2.51. The summed E-state index contributed by atoms with van der Waals surface area (Å²) in [4.78, 5) is 32.1. The molecular weight excluding hydrogens is 322 g/mol. The first kappa shape index (κ1) is 17.4. The van der Waals surface area contributed by atoms with Crippen LogP contribution >= 0.6 is 11.3 Å². The van der Waals surface area contributed by atoms with Crippen LogP contribution < -0.4 is 0 Å². The Kier molecular flexibility index (Phi) is 6.26. The van der Waals surface area contributed by atoms with Crippen LogP contribution in [0.1, 0.15) is 30.6 Å². The predicted octanol–water partition coefficient (Wildman–Crippen LogP) is 1.84. The lowest BCUT2D eigenvalue weighted by molar-refractivity contribution is -0.139. The molecule has 6 heteroatoms. The molecule has 0 aliphatic carbocycles. The zero-order valence-electron chi connectivity index (χ0n) is 14.3. The van der Waals surface area contributed by atoms with Gasteiger partial charge in [0.2, 0.25) is 11.8 Å². The summed E-state index contributed by atoms with van der Waals surface area (Å²) in [5.41, 5.74) is 0. The van der Waals surface area contributed by atoms with Gasteiger partial charge in [0.15, 0.2) is 0 Å². The summed E-state index contributed by atoms with van der Waals surface area (Å²) in [7, 11) is 0. The number of carbonyl (C=O) groups is 2. The molecule has 0 aromatic carbocycles. The highest BCUT2D eigenvalue weighted by atomic mass is 32.1. The van der Waals surface area contributed by atoms with E-state index in [-0.39, 0.29) is 11.8 Å². The van der Waals surface area contributed by atoms with Gasteiger partial charge in [0.1, 0.15) is 0 Å². The number of rotatable bonds is 6. The molecule has 2 aliphatic rings. The van der Waals surface area contributed by atoms with E-state index in [4.69, 9.17) is 0 Å². The summed E-state index contributed by atoms with van der Waals surface area (Å²) < 4.78 is 0. The number of hydrogen-bond donors (Lipinski definition) is 0. The summed E-state index contributed by atoms with van der Waals surface area (Å²) in [6.07, 6.45) is 4.54. The van der Waals surface area contributed by atoms with Crippen molar-refractivity contribution in [3.63, 3.8) is 0 Å². The number of aryl methyl sites for hydroxylation is 1. The second kappa shape index (κ2) is 8.62. The number of likely N-dealkylation sites (tertiary alicyclic amines) is 1. The van der Waals surface area contributed by atoms with E-state index in [9.17, 15) is 9.59 Å². The molecule has 2 aliphatic heterocycles. The molecule has 2 amide bonds. The van der Waals surface area contributed by atoms with Gasteiger partial charge in [0.05, 0.1) is 0 Å². The zero-order chi connectivity index (χ0) is 16.8. The Balaban J connectivity index is 1.35. The first-order valence-corrected chi connectivity index (χ1v) is 9.90. The number of piperazine rings is 1. The van der Waals surface area contributed by atoms with E-state index >= 15 is 0 Å². The van der Waals surface area contributed by atoms with Gasteiger partial charge in [-0.3, -0.25) is 9.59 Å². The van der Waals surface area contributed by atoms with Gasteiger partial charge in [-0.2, -0.15) is 0 Å². The average Bonchev–Trinajstić information content (AvgIpc) is 3.31. The van der Waals surface area contributed by atoms with Crippen molar-refractivity contribution in [3.05, 3.63) is 22.4 Å². The Labute approximate surface area is 148 Å². The van der Waals surface area contributed by atoms with Gasteiger partial charge >= 0.3 is 0 Å². The van der Waals surface area contributed by atoms with Crippen molar-refractivity contribution in [2.45, 2.75) is 32.1 Å². The molecule has 0 saturated carbocycles. The lowest BCUT2D eigenvalue weighted by Gasteiger charge is -2.35. The minimum atomic E-state index is 0.215. The molecule has 5 nitrogen and oxygen atoms in total. The molecule has 0 spiro atoms. The van der Waals surface area contributed by atoms with Crippen molar-refractivity contribution in [1.29, 1.82) is 0 Å². The number of thiophene rings is 1. The van der Waals surface area contributed by atoms with Gasteiger partial charge in [-0.05, 0) is 43.8 Å². The third kappa shape index (κ3) is 4.80. The lowest BCUT2D eigenvalue weighted by atomic mass is 10.2. The smallest absolute Gasteiger partial charge is 0.223 e. The summed E-state index contributed by atoms with van der Waals surface area (Å²) >= 11 is 1.70. The maximum Gasteiger partial charge on any atom is 0.223 e. The number of hydrogen-bond acceptors (Lipinski definition) is 4. The van der Waals surface area contributed by atoms with Crippen molar-refractivity contribution in [2.75, 3.05) is 45.8 Å². The average molecular weight is 350 g/mol. The maximum atomic E-state index is 12.3. The Morgan fingerprint density at radius 2 is 1.54 bits per heavy atom. The van der Waals surface area contributed by atoms with Gasteiger partial charge in [0, 0.05) is 50.4 Å². The van der Waals surface area contributed by atoms with Crippen molar-refractivity contribution < 1.29 is 9.59 Å². The highest BCUT2D eigenvalue weighted by Gasteiger charge is 2.24. The summed E-state index contributed by atoms with van der Waals surface area (Å²) in [5.74, 6) is 0.458. The van der Waals surface area contributed by atoms with E-state index in [0.29, 0.717) is 39.0 Å². The quantitative estimate of drug-likeness (QED) is 0.787. The predicted molar refractivity (Wildman–Crippen MR) is 96.1 cm³/mol. The minimum absolute atomic E-state index is 0.215. The zero-order valence-corrected chi connectivity index (χ0v) is 15.1. The van der Waals surface area contributed by atoms with Crippen molar-refractivity contribution in [1.82, 2.24) is 14.7 Å². The van der Waals surface area contributed by atoms with Crippen molar-refractivity contribution in [2.24, 2.45) is 0 Å². The third-order valence-corrected chi connectivity index (χ3v) is 5.93. The molecule has 24 heavy (non-hydrogen) atoms. The molecule has 1 aromatic rings. The molecular formula is C18H27N3O2S. The molecule has 132 valence electrons. The largest absolute Gasteiger partial charge is 0.339 e. The van der Waals surface area contributed by atoms with Crippen molar-refractivity contribution in [3.8, 4) is 0 Å². The number of amides is 2. The summed E-state index contributed by atoms with van der Waals surface area (Å²) in [6, 6.07) is 4.10. The van der Waals surface area contributed by atoms with E-state index in [1.54, 1.807) is 11.3 Å². The Hall–Kier alpha value is -1.40. The van der Waals surface area contributed by atoms with Gasteiger partial charge < -0.3 is 14.7 Å². The van der Waals surface area contributed by atoms with Crippen LogP contribution in [0.15, 0.2) is 17.5 Å².